The van der Waals surface area contributed by atoms with Crippen LogP contribution in [0.2, 0.25) is 0 Å². The number of aryl methyl sites for hydroxylation is 1. The molecule has 336 valence electrons. The number of ether oxygens (including phenoxy) is 5. The fourth-order valence-electron chi connectivity index (χ4n) is 6.63. The Morgan fingerprint density at radius 3 is 1.97 bits per heavy atom. The number of nitrogens with one attached hydrogen (secondary N) is 3. The fraction of sp³-hybridized carbons (Fsp3) is 0.465. The molecule has 1 fully saturated rings. The molecule has 0 bridgehead atoms. The number of rotatable bonds is 28. The Balaban J connectivity index is 0.789. The van der Waals surface area contributed by atoms with Crippen LogP contribution in [0.15, 0.2) is 48.5 Å². The van der Waals surface area contributed by atoms with Gasteiger partial charge in [0.25, 0.3) is 17.7 Å². The number of carbonyl (C=O) groups is 5. The third-order valence-electron chi connectivity index (χ3n) is 9.76. The number of hydroxylamine groups is 1. The second kappa shape index (κ2) is 25.0. The van der Waals surface area contributed by atoms with Gasteiger partial charge in [0.1, 0.15) is 17.7 Å². The van der Waals surface area contributed by atoms with E-state index in [-0.39, 0.29) is 36.3 Å². The van der Waals surface area contributed by atoms with Crippen LogP contribution < -0.4 is 16.1 Å². The zero-order chi connectivity index (χ0) is 44.3. The van der Waals surface area contributed by atoms with Crippen molar-refractivity contribution in [1.29, 1.82) is 0 Å². The van der Waals surface area contributed by atoms with Crippen LogP contribution in [-0.2, 0) is 44.5 Å². The maximum absolute atomic E-state index is 14.5. The zero-order valence-electron chi connectivity index (χ0n) is 34.1. The highest BCUT2D eigenvalue weighted by Crippen LogP contribution is 2.31. The molecule has 5 amide bonds. The highest BCUT2D eigenvalue weighted by molar-refractivity contribution is 6.24. The number of hydrogen-bond donors (Lipinski definition) is 3. The molecule has 5 rings (SSSR count). The molecule has 2 heterocycles. The normalized spacial score (nSPS) is 15.0. The number of hydrogen-bond acceptors (Lipinski definition) is 12. The summed E-state index contributed by atoms with van der Waals surface area (Å²) in [6.45, 7) is 4.33. The third kappa shape index (κ3) is 13.8. The summed E-state index contributed by atoms with van der Waals surface area (Å²) in [6, 6.07) is 8.33. The molecule has 0 radical (unpaired) electrons. The molecule has 1 atom stereocenters. The Kier molecular flexibility index (Phi) is 19.2. The van der Waals surface area contributed by atoms with Crippen LogP contribution in [0, 0.1) is 23.3 Å². The van der Waals surface area contributed by atoms with E-state index in [2.05, 4.69) is 16.1 Å². The number of unbranched alkanes of at least 4 members (excludes halogenated alkanes) is 3. The summed E-state index contributed by atoms with van der Waals surface area (Å²) in [5.41, 5.74) is 2.13. The van der Waals surface area contributed by atoms with Gasteiger partial charge in [0.05, 0.1) is 87.5 Å². The lowest BCUT2D eigenvalue weighted by atomic mass is 9.99. The van der Waals surface area contributed by atoms with E-state index < -0.39 is 64.5 Å². The van der Waals surface area contributed by atoms with Crippen molar-refractivity contribution in [2.24, 2.45) is 0 Å². The minimum atomic E-state index is -1.41. The van der Waals surface area contributed by atoms with Crippen LogP contribution in [0.1, 0.15) is 81.6 Å². The largest absolute Gasteiger partial charge is 0.379 e. The number of benzene rings is 3. The molecule has 3 N–H and O–H groups in total. The average molecular weight is 875 g/mol. The Morgan fingerprint density at radius 1 is 0.694 bits per heavy atom. The number of anilines is 2. The first-order valence-corrected chi connectivity index (χ1v) is 20.4. The molecule has 3 aromatic carbocycles. The molecule has 19 heteroatoms. The second-order valence-corrected chi connectivity index (χ2v) is 14.2. The van der Waals surface area contributed by atoms with Gasteiger partial charge in [-0.15, -0.1) is 0 Å². The SMILES string of the molecule is O=C1CCC(N2C(=O)c3cccc(CCCOCCOCCOCCOCCOCCCCCCONC(=O)c4ccc(F)c(F)c4Nc4ccc(F)cc4F)c3C2=O)C(=O)N1. The molecule has 2 aliphatic heterocycles. The first-order chi connectivity index (χ1) is 30.1. The van der Waals surface area contributed by atoms with Crippen LogP contribution in [0.3, 0.4) is 0 Å². The van der Waals surface area contributed by atoms with E-state index in [1.54, 1.807) is 18.2 Å². The van der Waals surface area contributed by atoms with E-state index in [4.69, 9.17) is 28.5 Å². The summed E-state index contributed by atoms with van der Waals surface area (Å²) in [4.78, 5) is 68.8. The highest BCUT2D eigenvalue weighted by atomic mass is 19.2. The van der Waals surface area contributed by atoms with Gasteiger partial charge < -0.3 is 29.0 Å². The lowest BCUT2D eigenvalue weighted by Crippen LogP contribution is -2.54. The van der Waals surface area contributed by atoms with E-state index in [1.165, 1.54) is 0 Å². The number of nitrogens with zero attached hydrogens (tertiary/aromatic N) is 1. The maximum atomic E-state index is 14.5. The molecule has 0 aromatic heterocycles. The van der Waals surface area contributed by atoms with Crippen molar-refractivity contribution < 1.29 is 70.1 Å². The summed E-state index contributed by atoms with van der Waals surface area (Å²) in [7, 11) is 0. The van der Waals surface area contributed by atoms with Crippen molar-refractivity contribution in [3.05, 3.63) is 94.1 Å². The molecule has 1 saturated heterocycles. The van der Waals surface area contributed by atoms with Crippen LogP contribution >= 0.6 is 0 Å². The Hall–Kier alpha value is -5.31. The van der Waals surface area contributed by atoms with Crippen LogP contribution in [-0.4, -0.2) is 113 Å². The minimum absolute atomic E-state index is 0.0627. The third-order valence-corrected chi connectivity index (χ3v) is 9.76. The van der Waals surface area contributed by atoms with Gasteiger partial charge in [0, 0.05) is 25.7 Å². The second-order valence-electron chi connectivity index (χ2n) is 14.2. The monoisotopic (exact) mass is 874 g/mol. The maximum Gasteiger partial charge on any atom is 0.277 e. The molecule has 15 nitrogen and oxygen atoms in total. The molecule has 3 aromatic rings. The van der Waals surface area contributed by atoms with Gasteiger partial charge in [0.2, 0.25) is 11.8 Å². The quantitative estimate of drug-likeness (QED) is 0.0371. The lowest BCUT2D eigenvalue weighted by Gasteiger charge is -2.27. The van der Waals surface area contributed by atoms with E-state index in [0.29, 0.717) is 103 Å². The smallest absolute Gasteiger partial charge is 0.277 e. The van der Waals surface area contributed by atoms with Crippen molar-refractivity contribution in [2.75, 3.05) is 78.0 Å². The number of amides is 5. The molecule has 2 aliphatic rings. The number of fused-ring (bicyclic) bond motifs is 1. The fourth-order valence-corrected chi connectivity index (χ4v) is 6.63. The van der Waals surface area contributed by atoms with Gasteiger partial charge in [-0.2, -0.15) is 0 Å². The molecule has 1 unspecified atom stereocenters. The first kappa shape index (κ1) is 47.7. The average Bonchev–Trinajstić information content (AvgIpc) is 3.50. The number of halogens is 4. The van der Waals surface area contributed by atoms with E-state index in [1.807, 2.05) is 0 Å². The van der Waals surface area contributed by atoms with Crippen molar-refractivity contribution in [3.8, 4) is 0 Å². The van der Waals surface area contributed by atoms with Gasteiger partial charge in [-0.3, -0.25) is 39.0 Å². The molecular weight excluding hydrogens is 824 g/mol. The zero-order valence-corrected chi connectivity index (χ0v) is 34.1. The molecule has 0 aliphatic carbocycles. The van der Waals surface area contributed by atoms with Crippen LogP contribution in [0.4, 0.5) is 28.9 Å². The first-order valence-electron chi connectivity index (χ1n) is 20.4. The number of carbonyl (C=O) groups excluding carboxylic acids is 5. The summed E-state index contributed by atoms with van der Waals surface area (Å²) >= 11 is 0. The molecule has 0 saturated carbocycles. The van der Waals surface area contributed by atoms with Crippen molar-refractivity contribution in [1.82, 2.24) is 15.7 Å². The van der Waals surface area contributed by atoms with Gasteiger partial charge >= 0.3 is 0 Å². The van der Waals surface area contributed by atoms with Crippen LogP contribution in [0.25, 0.3) is 0 Å². The predicted octanol–water partition coefficient (Wildman–Crippen LogP) is 5.33. The Bertz CT molecular complexity index is 2020. The van der Waals surface area contributed by atoms with Gasteiger partial charge in [-0.25, -0.2) is 23.0 Å². The van der Waals surface area contributed by atoms with Crippen LogP contribution in [0.5, 0.6) is 0 Å². The highest BCUT2D eigenvalue weighted by Gasteiger charge is 2.45. The van der Waals surface area contributed by atoms with Crippen molar-refractivity contribution in [2.45, 2.75) is 57.4 Å². The summed E-state index contributed by atoms with van der Waals surface area (Å²) in [6.07, 6.45) is 4.32. The summed E-state index contributed by atoms with van der Waals surface area (Å²) in [5, 5.41) is 4.51. The van der Waals surface area contributed by atoms with Gasteiger partial charge in [-0.1, -0.05) is 25.0 Å². The topological polar surface area (TPSA) is 180 Å². The molecular formula is C43H50F4N4O11. The molecule has 0 spiro atoms. The number of piperidine rings is 1. The Labute approximate surface area is 355 Å². The molecule has 62 heavy (non-hydrogen) atoms. The van der Waals surface area contributed by atoms with E-state index in [0.717, 1.165) is 48.4 Å². The predicted molar refractivity (Wildman–Crippen MR) is 213 cm³/mol. The summed E-state index contributed by atoms with van der Waals surface area (Å²) in [5.74, 6) is -7.57. The standard InChI is InChI=1S/C43H50F4N4O11/c44-29-10-13-34(33(46)27-29)48-39-31(11-12-32(45)38(39)47)40(53)50-62-18-4-2-1-3-16-57-19-21-59-23-25-61-26-24-60-22-20-58-17-6-8-28-7-5-9-30-37(28)43(56)51(42(30)55)35-14-15-36(52)49-41(35)54/h5,7,9-13,27,35,48H,1-4,6,8,14-26H2,(H,50,53)(H,49,52,54). The summed E-state index contributed by atoms with van der Waals surface area (Å²) < 4.78 is 83.5. The van der Waals surface area contributed by atoms with E-state index >= 15 is 0 Å². The van der Waals surface area contributed by atoms with Crippen molar-refractivity contribution >= 4 is 40.9 Å². The van der Waals surface area contributed by atoms with E-state index in [9.17, 15) is 41.5 Å². The lowest BCUT2D eigenvalue weighted by molar-refractivity contribution is -0.136. The minimum Gasteiger partial charge on any atom is -0.379 e. The van der Waals surface area contributed by atoms with Gasteiger partial charge in [-0.05, 0) is 68.0 Å². The van der Waals surface area contributed by atoms with Gasteiger partial charge in [0.15, 0.2) is 11.6 Å². The number of imide groups is 2. The Morgan fingerprint density at radius 2 is 1.32 bits per heavy atom. The van der Waals surface area contributed by atoms with Crippen molar-refractivity contribution in [3.63, 3.8) is 0 Å².